The Labute approximate surface area is 162 Å². The molecule has 5 nitrogen and oxygen atoms in total. The van der Waals surface area contributed by atoms with Crippen LogP contribution in [-0.4, -0.2) is 42.3 Å². The SMILES string of the molecule is COC(=O)N1CCC(Oc2ccc(-c3cnc4ccccc4c3)cc2F)CC1. The average molecular weight is 380 g/mol. The first-order valence-corrected chi connectivity index (χ1v) is 9.28. The van der Waals surface area contributed by atoms with Crippen LogP contribution in [0.25, 0.3) is 22.0 Å². The number of ether oxygens (including phenoxy) is 2. The number of aromatic nitrogens is 1. The van der Waals surface area contributed by atoms with Crippen molar-refractivity contribution < 1.29 is 18.7 Å². The lowest BCUT2D eigenvalue weighted by Gasteiger charge is -2.31. The average Bonchev–Trinajstić information content (AvgIpc) is 2.74. The highest BCUT2D eigenvalue weighted by atomic mass is 19.1. The fraction of sp³-hybridized carbons (Fsp3) is 0.273. The van der Waals surface area contributed by atoms with E-state index in [4.69, 9.17) is 9.47 Å². The van der Waals surface area contributed by atoms with Gasteiger partial charge < -0.3 is 14.4 Å². The van der Waals surface area contributed by atoms with Crippen molar-refractivity contribution >= 4 is 17.0 Å². The number of rotatable bonds is 3. The van der Waals surface area contributed by atoms with Crippen molar-refractivity contribution in [1.29, 1.82) is 0 Å². The van der Waals surface area contributed by atoms with E-state index in [1.165, 1.54) is 13.2 Å². The number of piperidine rings is 1. The fourth-order valence-corrected chi connectivity index (χ4v) is 3.47. The first kappa shape index (κ1) is 18.2. The molecule has 1 aromatic heterocycles. The summed E-state index contributed by atoms with van der Waals surface area (Å²) in [4.78, 5) is 17.6. The third-order valence-electron chi connectivity index (χ3n) is 5.02. The maximum Gasteiger partial charge on any atom is 0.409 e. The largest absolute Gasteiger partial charge is 0.487 e. The zero-order chi connectivity index (χ0) is 19.5. The van der Waals surface area contributed by atoms with Crippen molar-refractivity contribution in [2.75, 3.05) is 20.2 Å². The van der Waals surface area contributed by atoms with Crippen molar-refractivity contribution in [3.05, 3.63) is 60.5 Å². The van der Waals surface area contributed by atoms with Crippen LogP contribution in [0.15, 0.2) is 54.7 Å². The van der Waals surface area contributed by atoms with Gasteiger partial charge >= 0.3 is 6.09 Å². The summed E-state index contributed by atoms with van der Waals surface area (Å²) in [5.74, 6) is -0.171. The van der Waals surface area contributed by atoms with Gasteiger partial charge in [-0.25, -0.2) is 9.18 Å². The molecule has 0 atom stereocenters. The summed E-state index contributed by atoms with van der Waals surface area (Å²) >= 11 is 0. The number of methoxy groups -OCH3 is 1. The van der Waals surface area contributed by atoms with Crippen molar-refractivity contribution in [1.82, 2.24) is 9.88 Å². The third-order valence-corrected chi connectivity index (χ3v) is 5.02. The highest BCUT2D eigenvalue weighted by Gasteiger charge is 2.25. The Kier molecular flexibility index (Phi) is 5.10. The van der Waals surface area contributed by atoms with Crippen LogP contribution >= 0.6 is 0 Å². The maximum atomic E-state index is 14.6. The minimum atomic E-state index is -0.402. The topological polar surface area (TPSA) is 51.7 Å². The molecule has 0 unspecified atom stereocenters. The van der Waals surface area contributed by atoms with Crippen molar-refractivity contribution in [3.8, 4) is 16.9 Å². The van der Waals surface area contributed by atoms with Gasteiger partial charge in [0.15, 0.2) is 11.6 Å². The van der Waals surface area contributed by atoms with E-state index in [0.29, 0.717) is 25.9 Å². The second-order valence-electron chi connectivity index (χ2n) is 6.84. The molecular formula is C22H21FN2O3. The molecule has 0 spiro atoms. The smallest absolute Gasteiger partial charge is 0.409 e. The summed E-state index contributed by atoms with van der Waals surface area (Å²) in [6.07, 6.45) is 2.58. The number of hydrogen-bond donors (Lipinski definition) is 0. The molecule has 0 radical (unpaired) electrons. The van der Waals surface area contributed by atoms with Gasteiger partial charge in [-0.1, -0.05) is 24.3 Å². The van der Waals surface area contributed by atoms with Crippen LogP contribution < -0.4 is 4.74 Å². The number of hydrogen-bond acceptors (Lipinski definition) is 4. The fourth-order valence-electron chi connectivity index (χ4n) is 3.47. The van der Waals surface area contributed by atoms with Crippen LogP contribution in [0.4, 0.5) is 9.18 Å². The number of para-hydroxylation sites is 1. The quantitative estimate of drug-likeness (QED) is 0.664. The van der Waals surface area contributed by atoms with E-state index in [2.05, 4.69) is 4.98 Å². The van der Waals surface area contributed by atoms with Crippen LogP contribution in [0.1, 0.15) is 12.8 Å². The Morgan fingerprint density at radius 3 is 2.64 bits per heavy atom. The molecule has 6 heteroatoms. The number of likely N-dealkylation sites (tertiary alicyclic amines) is 1. The van der Waals surface area contributed by atoms with Crippen LogP contribution in [0.5, 0.6) is 5.75 Å². The molecule has 3 aromatic rings. The first-order valence-electron chi connectivity index (χ1n) is 9.28. The van der Waals surface area contributed by atoms with Gasteiger partial charge in [0.2, 0.25) is 0 Å². The first-order chi connectivity index (χ1) is 13.6. The van der Waals surface area contributed by atoms with Gasteiger partial charge in [-0.05, 0) is 29.8 Å². The molecule has 1 amide bonds. The summed E-state index contributed by atoms with van der Waals surface area (Å²) in [5.41, 5.74) is 2.52. The summed E-state index contributed by atoms with van der Waals surface area (Å²) in [7, 11) is 1.37. The molecule has 0 N–H and O–H groups in total. The Bertz CT molecular complexity index is 1000. The number of fused-ring (bicyclic) bond motifs is 1. The Hall–Kier alpha value is -3.15. The van der Waals surface area contributed by atoms with Crippen LogP contribution in [0, 0.1) is 5.82 Å². The van der Waals surface area contributed by atoms with Crippen molar-refractivity contribution in [3.63, 3.8) is 0 Å². The summed E-state index contributed by atoms with van der Waals surface area (Å²) in [6.45, 7) is 1.08. The molecule has 4 rings (SSSR count). The number of amides is 1. The van der Waals surface area contributed by atoms with Gasteiger partial charge in [-0.15, -0.1) is 0 Å². The van der Waals surface area contributed by atoms with Gasteiger partial charge in [-0.2, -0.15) is 0 Å². The normalized spacial score (nSPS) is 14.9. The Morgan fingerprint density at radius 2 is 1.89 bits per heavy atom. The van der Waals surface area contributed by atoms with Gasteiger partial charge in [0.1, 0.15) is 6.10 Å². The number of nitrogens with zero attached hydrogens (tertiary/aromatic N) is 2. The lowest BCUT2D eigenvalue weighted by molar-refractivity contribution is 0.0774. The highest BCUT2D eigenvalue weighted by molar-refractivity contribution is 5.83. The molecule has 1 fully saturated rings. The standard InChI is InChI=1S/C22H21FN2O3/c1-27-22(26)25-10-8-18(9-11-25)28-21-7-6-15(13-19(21)23)17-12-16-4-2-3-5-20(16)24-14-17/h2-7,12-14,18H,8-11H2,1H3. The lowest BCUT2D eigenvalue weighted by atomic mass is 10.0. The molecule has 0 aliphatic carbocycles. The van der Waals surface area contributed by atoms with E-state index in [0.717, 1.165) is 22.0 Å². The molecule has 0 saturated carbocycles. The number of carbonyl (C=O) groups excluding carboxylic acids is 1. The maximum absolute atomic E-state index is 14.6. The van der Waals surface area contributed by atoms with E-state index in [9.17, 15) is 9.18 Å². The van der Waals surface area contributed by atoms with Gasteiger partial charge in [-0.3, -0.25) is 4.98 Å². The lowest BCUT2D eigenvalue weighted by Crippen LogP contribution is -2.41. The highest BCUT2D eigenvalue weighted by Crippen LogP contribution is 2.29. The Balaban J connectivity index is 1.46. The van der Waals surface area contributed by atoms with Crippen LogP contribution in [0.2, 0.25) is 0 Å². The number of carbonyl (C=O) groups is 1. The zero-order valence-corrected chi connectivity index (χ0v) is 15.6. The van der Waals surface area contributed by atoms with Crippen LogP contribution in [-0.2, 0) is 4.74 Å². The van der Waals surface area contributed by atoms with Gasteiger partial charge in [0.05, 0.1) is 12.6 Å². The summed E-state index contributed by atoms with van der Waals surface area (Å²) in [5, 5.41) is 1.01. The molecule has 2 aromatic carbocycles. The van der Waals surface area contributed by atoms with Crippen LogP contribution in [0.3, 0.4) is 0 Å². The Morgan fingerprint density at radius 1 is 1.11 bits per heavy atom. The second kappa shape index (κ2) is 7.84. The van der Waals surface area contributed by atoms with E-state index in [-0.39, 0.29) is 17.9 Å². The number of halogens is 1. The van der Waals surface area contributed by atoms with E-state index >= 15 is 0 Å². The van der Waals surface area contributed by atoms with E-state index in [1.807, 2.05) is 36.4 Å². The monoisotopic (exact) mass is 380 g/mol. The summed E-state index contributed by atoms with van der Waals surface area (Å²) in [6, 6.07) is 14.8. The molecule has 28 heavy (non-hydrogen) atoms. The molecule has 1 aliphatic heterocycles. The van der Waals surface area contributed by atoms with E-state index < -0.39 is 5.82 Å². The predicted octanol–water partition coefficient (Wildman–Crippen LogP) is 4.65. The molecule has 2 heterocycles. The van der Waals surface area contributed by atoms with E-state index in [1.54, 1.807) is 17.2 Å². The molecular weight excluding hydrogens is 359 g/mol. The number of benzene rings is 2. The molecule has 0 bridgehead atoms. The summed E-state index contributed by atoms with van der Waals surface area (Å²) < 4.78 is 25.2. The van der Waals surface area contributed by atoms with Crippen molar-refractivity contribution in [2.24, 2.45) is 0 Å². The zero-order valence-electron chi connectivity index (χ0n) is 15.6. The predicted molar refractivity (Wildman–Crippen MR) is 105 cm³/mol. The second-order valence-corrected chi connectivity index (χ2v) is 6.84. The molecule has 144 valence electrons. The minimum absolute atomic E-state index is 0.122. The third kappa shape index (κ3) is 3.76. The molecule has 1 saturated heterocycles. The minimum Gasteiger partial charge on any atom is -0.487 e. The molecule has 1 aliphatic rings. The van der Waals surface area contributed by atoms with Gasteiger partial charge in [0.25, 0.3) is 0 Å². The number of pyridine rings is 1. The van der Waals surface area contributed by atoms with Crippen molar-refractivity contribution in [2.45, 2.75) is 18.9 Å². The van der Waals surface area contributed by atoms with Gasteiger partial charge in [0, 0.05) is 43.1 Å².